The fourth-order valence-corrected chi connectivity index (χ4v) is 4.87. The second kappa shape index (κ2) is 13.3. The van der Waals surface area contributed by atoms with E-state index in [4.69, 9.17) is 14.2 Å². The lowest BCUT2D eigenvalue weighted by atomic mass is 10.1. The molecule has 1 aromatic heterocycles. The molecule has 0 spiro atoms. The molecule has 224 valence electrons. The molecule has 2 N–H and O–H groups in total. The number of alkyl halides is 2. The standard InChI is InChI=1S/C31H32F2N6O4/c1-20-5-4-6-21(2)29(20)43-31(40)39(28-11-12-35-19-36-28)25-10-8-23(41-3)18-24(25)37-22-7-9-26(27(17-22)42-30(32)33)38-15-13-34-14-16-38/h4-12,17-19,30,34,37H,13-16H2,1-3H3. The molecule has 5 rings (SSSR count). The molecule has 1 aliphatic rings. The second-order valence-electron chi connectivity index (χ2n) is 9.80. The van der Waals surface area contributed by atoms with Gasteiger partial charge in [-0.1, -0.05) is 18.2 Å². The average molecular weight is 591 g/mol. The number of aromatic nitrogens is 2. The molecule has 0 saturated carbocycles. The Hall–Kier alpha value is -4.97. The van der Waals surface area contributed by atoms with Crippen LogP contribution in [-0.2, 0) is 0 Å². The average Bonchev–Trinajstić information content (AvgIpc) is 3.01. The Labute approximate surface area is 248 Å². The van der Waals surface area contributed by atoms with Gasteiger partial charge in [0.15, 0.2) is 5.75 Å². The van der Waals surface area contributed by atoms with E-state index in [1.165, 1.54) is 30.6 Å². The Balaban J connectivity index is 1.55. The number of aryl methyl sites for hydroxylation is 2. The van der Waals surface area contributed by atoms with Crippen molar-refractivity contribution < 1.29 is 27.8 Å². The van der Waals surface area contributed by atoms with Gasteiger partial charge in [-0.05, 0) is 55.3 Å². The maximum atomic E-state index is 13.8. The summed E-state index contributed by atoms with van der Waals surface area (Å²) in [6, 6.07) is 17.3. The lowest BCUT2D eigenvalue weighted by Crippen LogP contribution is -2.43. The first-order valence-corrected chi connectivity index (χ1v) is 13.7. The van der Waals surface area contributed by atoms with Crippen LogP contribution in [0.3, 0.4) is 0 Å². The van der Waals surface area contributed by atoms with E-state index in [0.29, 0.717) is 47.3 Å². The number of ether oxygens (including phenoxy) is 3. The van der Waals surface area contributed by atoms with Crippen LogP contribution in [0.5, 0.6) is 17.2 Å². The first-order chi connectivity index (χ1) is 20.8. The number of carbonyl (C=O) groups excluding carboxylic acids is 1. The van der Waals surface area contributed by atoms with E-state index >= 15 is 0 Å². The number of hydrogen-bond donors (Lipinski definition) is 2. The smallest absolute Gasteiger partial charge is 0.425 e. The van der Waals surface area contributed by atoms with Gasteiger partial charge in [-0.2, -0.15) is 8.78 Å². The number of hydrogen-bond acceptors (Lipinski definition) is 9. The molecule has 0 unspecified atom stereocenters. The van der Waals surface area contributed by atoms with Crippen molar-refractivity contribution in [3.8, 4) is 17.2 Å². The van der Waals surface area contributed by atoms with Crippen molar-refractivity contribution in [2.75, 3.05) is 48.4 Å². The molecule has 2 heterocycles. The predicted octanol–water partition coefficient (Wildman–Crippen LogP) is 6.19. The molecular weight excluding hydrogens is 558 g/mol. The normalized spacial score (nSPS) is 13.0. The Morgan fingerprint density at radius 3 is 2.49 bits per heavy atom. The minimum Gasteiger partial charge on any atom is -0.497 e. The van der Waals surface area contributed by atoms with Crippen LogP contribution in [0.2, 0.25) is 0 Å². The molecule has 10 nitrogen and oxygen atoms in total. The van der Waals surface area contributed by atoms with Crippen molar-refractivity contribution in [1.29, 1.82) is 0 Å². The van der Waals surface area contributed by atoms with Gasteiger partial charge in [0.1, 0.15) is 23.6 Å². The summed E-state index contributed by atoms with van der Waals surface area (Å²) in [5, 5.41) is 6.51. The van der Waals surface area contributed by atoms with Crippen LogP contribution in [0.4, 0.5) is 42.1 Å². The fourth-order valence-electron chi connectivity index (χ4n) is 4.87. The summed E-state index contributed by atoms with van der Waals surface area (Å²) in [5.74, 6) is 1.23. The van der Waals surface area contributed by atoms with Crippen molar-refractivity contribution in [2.45, 2.75) is 20.5 Å². The molecule has 1 saturated heterocycles. The van der Waals surface area contributed by atoms with Gasteiger partial charge in [0.05, 0.1) is 24.2 Å². The number of carbonyl (C=O) groups is 1. The van der Waals surface area contributed by atoms with Crippen LogP contribution < -0.4 is 34.6 Å². The number of amides is 1. The highest BCUT2D eigenvalue weighted by atomic mass is 19.3. The van der Waals surface area contributed by atoms with Crippen LogP contribution >= 0.6 is 0 Å². The minimum absolute atomic E-state index is 0.0356. The van der Waals surface area contributed by atoms with Gasteiger partial charge >= 0.3 is 12.7 Å². The van der Waals surface area contributed by atoms with Crippen LogP contribution in [0.1, 0.15) is 11.1 Å². The molecule has 0 radical (unpaired) electrons. The number of piperazine rings is 1. The van der Waals surface area contributed by atoms with E-state index in [1.54, 1.807) is 36.4 Å². The molecular formula is C31H32F2N6O4. The highest BCUT2D eigenvalue weighted by molar-refractivity contribution is 6.00. The van der Waals surface area contributed by atoms with E-state index in [-0.39, 0.29) is 11.6 Å². The lowest BCUT2D eigenvalue weighted by molar-refractivity contribution is -0.0494. The second-order valence-corrected chi connectivity index (χ2v) is 9.80. The van der Waals surface area contributed by atoms with Gasteiger partial charge < -0.3 is 29.7 Å². The van der Waals surface area contributed by atoms with Gasteiger partial charge in [-0.3, -0.25) is 0 Å². The van der Waals surface area contributed by atoms with Gasteiger partial charge in [-0.25, -0.2) is 19.7 Å². The molecule has 4 aromatic rings. The van der Waals surface area contributed by atoms with E-state index in [1.807, 2.05) is 36.9 Å². The van der Waals surface area contributed by atoms with Crippen LogP contribution in [0.15, 0.2) is 73.2 Å². The van der Waals surface area contributed by atoms with Gasteiger partial charge in [0.2, 0.25) is 0 Å². The summed E-state index contributed by atoms with van der Waals surface area (Å²) in [4.78, 5) is 25.4. The number of halogens is 2. The number of benzene rings is 3. The first kappa shape index (κ1) is 29.5. The van der Waals surface area contributed by atoms with E-state index in [0.717, 1.165) is 24.2 Å². The van der Waals surface area contributed by atoms with Crippen molar-refractivity contribution >= 4 is 34.7 Å². The molecule has 3 aromatic carbocycles. The topological polar surface area (TPSA) is 101 Å². The van der Waals surface area contributed by atoms with Crippen LogP contribution in [-0.4, -0.2) is 56.0 Å². The largest absolute Gasteiger partial charge is 0.497 e. The predicted molar refractivity (Wildman–Crippen MR) is 161 cm³/mol. The Bertz CT molecular complexity index is 1550. The van der Waals surface area contributed by atoms with Crippen LogP contribution in [0.25, 0.3) is 0 Å². The third-order valence-corrected chi connectivity index (χ3v) is 6.93. The molecule has 43 heavy (non-hydrogen) atoms. The molecule has 1 amide bonds. The maximum absolute atomic E-state index is 13.8. The first-order valence-electron chi connectivity index (χ1n) is 13.7. The summed E-state index contributed by atoms with van der Waals surface area (Å²) in [5.41, 5.74) is 3.40. The SMILES string of the molecule is COc1ccc(N(C(=O)Oc2c(C)cccc2C)c2ccncn2)c(Nc2ccc(N3CCNCC3)c(OC(F)F)c2)c1. The Morgan fingerprint density at radius 1 is 1.05 bits per heavy atom. The van der Waals surface area contributed by atoms with Crippen molar-refractivity contribution in [1.82, 2.24) is 15.3 Å². The van der Waals surface area contributed by atoms with E-state index in [2.05, 4.69) is 20.6 Å². The van der Waals surface area contributed by atoms with Crippen molar-refractivity contribution in [3.05, 3.63) is 84.3 Å². The summed E-state index contributed by atoms with van der Waals surface area (Å²) in [7, 11) is 1.52. The van der Waals surface area contributed by atoms with Crippen LogP contribution in [0, 0.1) is 13.8 Å². The summed E-state index contributed by atoms with van der Waals surface area (Å²) in [6.45, 7) is 3.49. The maximum Gasteiger partial charge on any atom is 0.425 e. The van der Waals surface area contributed by atoms with Gasteiger partial charge in [-0.15, -0.1) is 0 Å². The molecule has 0 aliphatic carbocycles. The highest BCUT2D eigenvalue weighted by Gasteiger charge is 2.26. The summed E-state index contributed by atoms with van der Waals surface area (Å²) in [6.07, 6.45) is 2.13. The monoisotopic (exact) mass is 590 g/mol. The molecule has 1 fully saturated rings. The Morgan fingerprint density at radius 2 is 1.81 bits per heavy atom. The lowest BCUT2D eigenvalue weighted by Gasteiger charge is -2.31. The number of methoxy groups -OCH3 is 1. The van der Waals surface area contributed by atoms with Gasteiger partial charge in [0.25, 0.3) is 0 Å². The third kappa shape index (κ3) is 6.92. The minimum atomic E-state index is -3.00. The number of rotatable bonds is 9. The molecule has 0 atom stereocenters. The van der Waals surface area contributed by atoms with Gasteiger partial charge in [0, 0.05) is 50.2 Å². The molecule has 1 aliphatic heterocycles. The number of para-hydroxylation sites is 1. The summed E-state index contributed by atoms with van der Waals surface area (Å²) < 4.78 is 43.2. The van der Waals surface area contributed by atoms with E-state index < -0.39 is 12.7 Å². The highest BCUT2D eigenvalue weighted by Crippen LogP contribution is 2.39. The molecule has 12 heteroatoms. The molecule has 0 bridgehead atoms. The zero-order valence-electron chi connectivity index (χ0n) is 24.0. The number of nitrogens with one attached hydrogen (secondary N) is 2. The number of anilines is 5. The Kier molecular flexibility index (Phi) is 9.16. The quantitative estimate of drug-likeness (QED) is 0.236. The third-order valence-electron chi connectivity index (χ3n) is 6.93. The van der Waals surface area contributed by atoms with Crippen molar-refractivity contribution in [3.63, 3.8) is 0 Å². The van der Waals surface area contributed by atoms with E-state index in [9.17, 15) is 13.6 Å². The zero-order chi connectivity index (χ0) is 30.3. The van der Waals surface area contributed by atoms with Crippen molar-refractivity contribution in [2.24, 2.45) is 0 Å². The fraction of sp³-hybridized carbons (Fsp3) is 0.258. The zero-order valence-corrected chi connectivity index (χ0v) is 24.0. The number of nitrogens with zero attached hydrogens (tertiary/aromatic N) is 4. The summed E-state index contributed by atoms with van der Waals surface area (Å²) >= 11 is 0.